The van der Waals surface area contributed by atoms with Crippen LogP contribution in [0.1, 0.15) is 11.1 Å². The number of methoxy groups -OCH3 is 2. The van der Waals surface area contributed by atoms with E-state index in [1.165, 1.54) is 0 Å². The fraction of sp³-hybridized carbons (Fsp3) is 0.250. The third kappa shape index (κ3) is 3.36. The molecule has 0 radical (unpaired) electrons. The van der Waals surface area contributed by atoms with Crippen molar-refractivity contribution in [2.75, 3.05) is 19.5 Å². The molecule has 0 heterocycles. The second-order valence-corrected chi connectivity index (χ2v) is 4.93. The molecule has 0 aromatic heterocycles. The number of rotatable bonds is 5. The highest BCUT2D eigenvalue weighted by Gasteiger charge is 2.06. The van der Waals surface area contributed by atoms with E-state index in [0.717, 1.165) is 33.3 Å². The van der Waals surface area contributed by atoms with Gasteiger partial charge in [0.1, 0.15) is 11.5 Å². The Balaban J connectivity index is 2.16. The molecule has 0 saturated heterocycles. The van der Waals surface area contributed by atoms with Crippen molar-refractivity contribution in [1.82, 2.24) is 0 Å². The van der Waals surface area contributed by atoms with E-state index in [1.54, 1.807) is 14.2 Å². The summed E-state index contributed by atoms with van der Waals surface area (Å²) < 4.78 is 10.6. The molecular formula is C16H18ClNO2. The molecule has 1 N–H and O–H groups in total. The number of anilines is 1. The fourth-order valence-corrected chi connectivity index (χ4v) is 2.15. The van der Waals surface area contributed by atoms with Gasteiger partial charge in [-0.2, -0.15) is 0 Å². The molecule has 0 atom stereocenters. The number of aryl methyl sites for hydroxylation is 1. The van der Waals surface area contributed by atoms with Crippen LogP contribution >= 0.6 is 11.6 Å². The Morgan fingerprint density at radius 1 is 1.05 bits per heavy atom. The van der Waals surface area contributed by atoms with Crippen LogP contribution in [-0.2, 0) is 6.54 Å². The Morgan fingerprint density at radius 2 is 1.85 bits per heavy atom. The number of benzene rings is 2. The Bertz CT molecular complexity index is 599. The minimum atomic E-state index is 0.661. The SMILES string of the molecule is COc1ccc(CNc2cc(Cl)ccc2C)c(OC)c1. The number of hydrogen-bond acceptors (Lipinski definition) is 3. The molecule has 20 heavy (non-hydrogen) atoms. The van der Waals surface area contributed by atoms with Gasteiger partial charge >= 0.3 is 0 Å². The van der Waals surface area contributed by atoms with Crippen LogP contribution in [-0.4, -0.2) is 14.2 Å². The summed E-state index contributed by atoms with van der Waals surface area (Å²) in [6.07, 6.45) is 0. The van der Waals surface area contributed by atoms with Gasteiger partial charge in [-0.3, -0.25) is 0 Å². The molecular weight excluding hydrogens is 274 g/mol. The zero-order valence-electron chi connectivity index (χ0n) is 11.9. The van der Waals surface area contributed by atoms with E-state index in [4.69, 9.17) is 21.1 Å². The summed E-state index contributed by atoms with van der Waals surface area (Å²) in [6, 6.07) is 11.6. The van der Waals surface area contributed by atoms with Crippen LogP contribution < -0.4 is 14.8 Å². The average Bonchev–Trinajstić information content (AvgIpc) is 2.48. The van der Waals surface area contributed by atoms with Crippen molar-refractivity contribution in [3.8, 4) is 11.5 Å². The van der Waals surface area contributed by atoms with E-state index in [0.29, 0.717) is 6.54 Å². The zero-order valence-corrected chi connectivity index (χ0v) is 12.6. The van der Waals surface area contributed by atoms with Crippen LogP contribution in [0.2, 0.25) is 5.02 Å². The maximum Gasteiger partial charge on any atom is 0.127 e. The topological polar surface area (TPSA) is 30.5 Å². The highest BCUT2D eigenvalue weighted by Crippen LogP contribution is 2.26. The van der Waals surface area contributed by atoms with Crippen molar-refractivity contribution in [2.24, 2.45) is 0 Å². The summed E-state index contributed by atoms with van der Waals surface area (Å²) >= 11 is 6.02. The number of halogens is 1. The summed E-state index contributed by atoms with van der Waals surface area (Å²) in [6.45, 7) is 2.71. The zero-order chi connectivity index (χ0) is 14.5. The number of nitrogens with one attached hydrogen (secondary N) is 1. The summed E-state index contributed by atoms with van der Waals surface area (Å²) in [5.41, 5.74) is 3.24. The third-order valence-electron chi connectivity index (χ3n) is 3.16. The first-order valence-electron chi connectivity index (χ1n) is 6.35. The van der Waals surface area contributed by atoms with E-state index in [9.17, 15) is 0 Å². The highest BCUT2D eigenvalue weighted by molar-refractivity contribution is 6.30. The van der Waals surface area contributed by atoms with Crippen molar-refractivity contribution < 1.29 is 9.47 Å². The van der Waals surface area contributed by atoms with Crippen LogP contribution in [0.5, 0.6) is 11.5 Å². The van der Waals surface area contributed by atoms with Gasteiger partial charge in [-0.25, -0.2) is 0 Å². The minimum Gasteiger partial charge on any atom is -0.497 e. The van der Waals surface area contributed by atoms with Crippen molar-refractivity contribution in [2.45, 2.75) is 13.5 Å². The molecule has 2 aromatic carbocycles. The van der Waals surface area contributed by atoms with Gasteiger partial charge in [-0.1, -0.05) is 17.7 Å². The average molecular weight is 292 g/mol. The molecule has 0 aliphatic carbocycles. The van der Waals surface area contributed by atoms with Crippen LogP contribution in [0.25, 0.3) is 0 Å². The summed E-state index contributed by atoms with van der Waals surface area (Å²) in [7, 11) is 3.30. The molecule has 0 fully saturated rings. The fourth-order valence-electron chi connectivity index (χ4n) is 1.97. The largest absolute Gasteiger partial charge is 0.497 e. The van der Waals surface area contributed by atoms with Gasteiger partial charge in [-0.15, -0.1) is 0 Å². The maximum atomic E-state index is 6.02. The van der Waals surface area contributed by atoms with E-state index >= 15 is 0 Å². The van der Waals surface area contributed by atoms with Crippen molar-refractivity contribution >= 4 is 17.3 Å². The van der Waals surface area contributed by atoms with E-state index in [1.807, 2.05) is 43.3 Å². The van der Waals surface area contributed by atoms with Gasteiger partial charge in [0.05, 0.1) is 14.2 Å². The van der Waals surface area contributed by atoms with Gasteiger partial charge < -0.3 is 14.8 Å². The van der Waals surface area contributed by atoms with E-state index < -0.39 is 0 Å². The van der Waals surface area contributed by atoms with E-state index in [-0.39, 0.29) is 0 Å². The normalized spacial score (nSPS) is 10.2. The minimum absolute atomic E-state index is 0.661. The van der Waals surface area contributed by atoms with Gasteiger partial charge in [0.15, 0.2) is 0 Å². The van der Waals surface area contributed by atoms with Crippen molar-refractivity contribution in [3.63, 3.8) is 0 Å². The van der Waals surface area contributed by atoms with E-state index in [2.05, 4.69) is 5.32 Å². The smallest absolute Gasteiger partial charge is 0.127 e. The van der Waals surface area contributed by atoms with Crippen molar-refractivity contribution in [1.29, 1.82) is 0 Å². The second kappa shape index (κ2) is 6.53. The summed E-state index contributed by atoms with van der Waals surface area (Å²) in [5.74, 6) is 1.58. The first kappa shape index (κ1) is 14.5. The second-order valence-electron chi connectivity index (χ2n) is 4.49. The Labute approximate surface area is 124 Å². The van der Waals surface area contributed by atoms with Crippen LogP contribution in [0.4, 0.5) is 5.69 Å². The quantitative estimate of drug-likeness (QED) is 0.892. The predicted octanol–water partition coefficient (Wildman–Crippen LogP) is 4.28. The lowest BCUT2D eigenvalue weighted by Crippen LogP contribution is -2.03. The molecule has 0 amide bonds. The van der Waals surface area contributed by atoms with Gasteiger partial charge in [0.25, 0.3) is 0 Å². The first-order chi connectivity index (χ1) is 9.63. The molecule has 0 bridgehead atoms. The number of hydrogen-bond donors (Lipinski definition) is 1. The third-order valence-corrected chi connectivity index (χ3v) is 3.40. The van der Waals surface area contributed by atoms with Gasteiger partial charge in [-0.05, 0) is 36.8 Å². The first-order valence-corrected chi connectivity index (χ1v) is 6.72. The van der Waals surface area contributed by atoms with Crippen LogP contribution in [0.15, 0.2) is 36.4 Å². The molecule has 0 aliphatic heterocycles. The molecule has 0 spiro atoms. The molecule has 2 aromatic rings. The number of ether oxygens (including phenoxy) is 2. The van der Waals surface area contributed by atoms with Crippen LogP contribution in [0.3, 0.4) is 0 Å². The van der Waals surface area contributed by atoms with Gasteiger partial charge in [0.2, 0.25) is 0 Å². The highest BCUT2D eigenvalue weighted by atomic mass is 35.5. The molecule has 4 heteroatoms. The lowest BCUT2D eigenvalue weighted by atomic mass is 10.1. The monoisotopic (exact) mass is 291 g/mol. The standard InChI is InChI=1S/C16H18ClNO2/c1-11-4-6-13(17)8-15(11)18-10-12-5-7-14(19-2)9-16(12)20-3/h4-9,18H,10H2,1-3H3. The molecule has 0 unspecified atom stereocenters. The summed E-state index contributed by atoms with van der Waals surface area (Å²) in [4.78, 5) is 0. The Morgan fingerprint density at radius 3 is 2.55 bits per heavy atom. The molecule has 3 nitrogen and oxygen atoms in total. The lowest BCUT2D eigenvalue weighted by molar-refractivity contribution is 0.391. The molecule has 106 valence electrons. The molecule has 2 rings (SSSR count). The lowest BCUT2D eigenvalue weighted by Gasteiger charge is -2.13. The van der Waals surface area contributed by atoms with Crippen molar-refractivity contribution in [3.05, 3.63) is 52.5 Å². The molecule has 0 saturated carbocycles. The summed E-state index contributed by atoms with van der Waals surface area (Å²) in [5, 5.41) is 4.10. The Kier molecular flexibility index (Phi) is 4.74. The maximum absolute atomic E-state index is 6.02. The molecule has 0 aliphatic rings. The van der Waals surface area contributed by atoms with Gasteiger partial charge in [0, 0.05) is 28.9 Å². The van der Waals surface area contributed by atoms with Crippen LogP contribution in [0, 0.1) is 6.92 Å². The predicted molar refractivity (Wildman–Crippen MR) is 83.1 cm³/mol. The Hall–Kier alpha value is -1.87.